The largest absolute Gasteiger partial charge is 0.394 e. The van der Waals surface area contributed by atoms with Crippen molar-refractivity contribution in [1.82, 2.24) is 9.97 Å². The van der Waals surface area contributed by atoms with Crippen molar-refractivity contribution in [3.8, 4) is 11.4 Å². The Bertz CT molecular complexity index is 1050. The molecule has 0 aromatic carbocycles. The van der Waals surface area contributed by atoms with E-state index in [0.717, 1.165) is 11.1 Å². The van der Waals surface area contributed by atoms with E-state index in [2.05, 4.69) is 9.97 Å². The monoisotopic (exact) mass is 572 g/mol. The molecule has 0 radical (unpaired) electrons. The number of aromatic nitrogens is 2. The summed E-state index contributed by atoms with van der Waals surface area (Å²) >= 11 is 2.40. The van der Waals surface area contributed by atoms with Crippen molar-refractivity contribution in [2.24, 2.45) is 0 Å². The third kappa shape index (κ3) is 6.49. The molecular formula is C24H32N2O10S2. The number of hydrogen-bond donors (Lipinski definition) is 8. The first-order valence-electron chi connectivity index (χ1n) is 12.0. The van der Waals surface area contributed by atoms with Crippen molar-refractivity contribution >= 4 is 23.5 Å². The molecule has 0 unspecified atom stereocenters. The molecule has 4 heterocycles. The fourth-order valence-electron chi connectivity index (χ4n) is 4.24. The molecule has 2 aromatic rings. The zero-order chi connectivity index (χ0) is 27.4. The number of aliphatic hydroxyl groups excluding tert-OH is 8. The van der Waals surface area contributed by atoms with E-state index < -0.39 is 72.9 Å². The van der Waals surface area contributed by atoms with Crippen LogP contribution in [0.2, 0.25) is 0 Å². The Labute approximate surface area is 227 Å². The van der Waals surface area contributed by atoms with E-state index in [9.17, 15) is 40.9 Å². The van der Waals surface area contributed by atoms with Crippen LogP contribution < -0.4 is 0 Å². The van der Waals surface area contributed by atoms with Gasteiger partial charge in [-0.1, -0.05) is 6.07 Å². The van der Waals surface area contributed by atoms with Gasteiger partial charge < -0.3 is 50.3 Å². The van der Waals surface area contributed by atoms with Crippen molar-refractivity contribution in [3.05, 3.63) is 47.8 Å². The van der Waals surface area contributed by atoms with Crippen LogP contribution in [0.3, 0.4) is 0 Å². The minimum absolute atomic E-state index is 0.331. The van der Waals surface area contributed by atoms with Gasteiger partial charge >= 0.3 is 0 Å². The molecule has 0 amide bonds. The van der Waals surface area contributed by atoms with Crippen molar-refractivity contribution in [3.63, 3.8) is 0 Å². The quantitative estimate of drug-likeness (QED) is 0.167. The summed E-state index contributed by atoms with van der Waals surface area (Å²) < 4.78 is 11.1. The Morgan fingerprint density at radius 2 is 1.26 bits per heavy atom. The van der Waals surface area contributed by atoms with Gasteiger partial charge in [0.05, 0.1) is 24.6 Å². The lowest BCUT2D eigenvalue weighted by Gasteiger charge is -2.39. The van der Waals surface area contributed by atoms with Crippen molar-refractivity contribution in [2.45, 2.75) is 71.2 Å². The molecule has 0 aliphatic carbocycles. The van der Waals surface area contributed by atoms with Crippen LogP contribution in [0.5, 0.6) is 0 Å². The number of ether oxygens (including phenoxy) is 2. The predicted molar refractivity (Wildman–Crippen MR) is 138 cm³/mol. The van der Waals surface area contributed by atoms with Crippen LogP contribution in [0.15, 0.2) is 36.7 Å². The number of aliphatic hydroxyl groups is 8. The van der Waals surface area contributed by atoms with Crippen LogP contribution >= 0.6 is 23.5 Å². The minimum atomic E-state index is -1.45. The number of pyridine rings is 2. The van der Waals surface area contributed by atoms with E-state index >= 15 is 0 Å². The van der Waals surface area contributed by atoms with Gasteiger partial charge in [0.1, 0.15) is 59.7 Å². The van der Waals surface area contributed by atoms with Gasteiger partial charge in [-0.25, -0.2) is 0 Å². The van der Waals surface area contributed by atoms with Crippen molar-refractivity contribution < 1.29 is 50.3 Å². The molecule has 2 aliphatic heterocycles. The first-order chi connectivity index (χ1) is 18.2. The fourth-order valence-corrected chi connectivity index (χ4v) is 6.51. The maximum atomic E-state index is 10.3. The summed E-state index contributed by atoms with van der Waals surface area (Å²) in [6.45, 7) is -0.997. The first-order valence-corrected chi connectivity index (χ1v) is 14.1. The van der Waals surface area contributed by atoms with Crippen molar-refractivity contribution in [2.75, 3.05) is 13.2 Å². The molecule has 14 heteroatoms. The molecule has 0 saturated carbocycles. The molecule has 38 heavy (non-hydrogen) atoms. The molecule has 0 bridgehead atoms. The lowest BCUT2D eigenvalue weighted by Crippen LogP contribution is -2.57. The second-order valence-corrected chi connectivity index (χ2v) is 11.3. The summed E-state index contributed by atoms with van der Waals surface area (Å²) in [5.41, 5.74) is 1.03. The Kier molecular flexibility index (Phi) is 10.4. The molecule has 210 valence electrons. The highest BCUT2D eigenvalue weighted by atomic mass is 32.2. The average Bonchev–Trinajstić information content (AvgIpc) is 2.94. The summed E-state index contributed by atoms with van der Waals surface area (Å²) in [5, 5.41) is 79.4. The molecule has 2 saturated heterocycles. The van der Waals surface area contributed by atoms with Gasteiger partial charge in [-0.05, 0) is 29.3 Å². The van der Waals surface area contributed by atoms with E-state index in [1.54, 1.807) is 24.5 Å². The van der Waals surface area contributed by atoms with Gasteiger partial charge in [0, 0.05) is 23.9 Å². The molecule has 2 aliphatic rings. The topological polar surface area (TPSA) is 206 Å². The molecule has 2 aromatic heterocycles. The second kappa shape index (κ2) is 13.3. The van der Waals surface area contributed by atoms with E-state index in [4.69, 9.17) is 9.47 Å². The predicted octanol–water partition coefficient (Wildman–Crippen LogP) is -1.79. The van der Waals surface area contributed by atoms with E-state index in [1.165, 1.54) is 23.5 Å². The number of hydrogen-bond acceptors (Lipinski definition) is 14. The van der Waals surface area contributed by atoms with E-state index in [1.807, 2.05) is 12.1 Å². The Balaban J connectivity index is 1.43. The van der Waals surface area contributed by atoms with Gasteiger partial charge in [-0.15, -0.1) is 23.5 Å². The highest BCUT2D eigenvalue weighted by Crippen LogP contribution is 2.34. The summed E-state index contributed by atoms with van der Waals surface area (Å²) in [4.78, 5) is 8.89. The number of thioether (sulfide) groups is 2. The average molecular weight is 573 g/mol. The zero-order valence-electron chi connectivity index (χ0n) is 20.2. The van der Waals surface area contributed by atoms with Crippen LogP contribution in [0.25, 0.3) is 11.4 Å². The van der Waals surface area contributed by atoms with Crippen molar-refractivity contribution in [1.29, 1.82) is 0 Å². The third-order valence-electron chi connectivity index (χ3n) is 6.47. The van der Waals surface area contributed by atoms with Gasteiger partial charge in [0.25, 0.3) is 0 Å². The minimum Gasteiger partial charge on any atom is -0.394 e. The van der Waals surface area contributed by atoms with Crippen LogP contribution in [0, 0.1) is 0 Å². The van der Waals surface area contributed by atoms with E-state index in [0.29, 0.717) is 22.9 Å². The summed E-state index contributed by atoms with van der Waals surface area (Å²) in [5.74, 6) is 0.706. The highest BCUT2D eigenvalue weighted by Gasteiger charge is 2.44. The summed E-state index contributed by atoms with van der Waals surface area (Å²) in [7, 11) is 0. The van der Waals surface area contributed by atoms with E-state index in [-0.39, 0.29) is 0 Å². The van der Waals surface area contributed by atoms with Crippen LogP contribution in [0.4, 0.5) is 0 Å². The lowest BCUT2D eigenvalue weighted by atomic mass is 10.0. The maximum absolute atomic E-state index is 10.3. The Morgan fingerprint density at radius 3 is 1.84 bits per heavy atom. The number of nitrogens with zero attached hydrogens (tertiary/aromatic N) is 2. The molecule has 2 fully saturated rings. The van der Waals surface area contributed by atoms with Gasteiger partial charge in [0.15, 0.2) is 0 Å². The maximum Gasteiger partial charge on any atom is 0.132 e. The van der Waals surface area contributed by atoms with Gasteiger partial charge in [-0.2, -0.15) is 0 Å². The van der Waals surface area contributed by atoms with Gasteiger partial charge in [0.2, 0.25) is 0 Å². The molecule has 12 nitrogen and oxygen atoms in total. The smallest absolute Gasteiger partial charge is 0.132 e. The molecule has 0 spiro atoms. The third-order valence-corrected chi connectivity index (χ3v) is 8.89. The second-order valence-electron chi connectivity index (χ2n) is 9.08. The lowest BCUT2D eigenvalue weighted by molar-refractivity contribution is -0.205. The molecule has 8 N–H and O–H groups in total. The molecule has 10 atom stereocenters. The van der Waals surface area contributed by atoms with Crippen LogP contribution in [-0.2, 0) is 21.0 Å². The molecular weight excluding hydrogens is 540 g/mol. The standard InChI is InChI=1S/C24H32N2O10S2/c27-7-14-17(29)19(31)21(33)23(35-14)37-9-11-3-5-25-13(6-11)16-12(2-1-4-26-16)10-38-24-22(34)20(32)18(30)15(8-28)36-24/h1-6,14-15,17-24,27-34H,7-10H2/t14-,15-,17-,18-,19+,20+,21-,22-,23+,24+/m1/s1. The van der Waals surface area contributed by atoms with Gasteiger partial charge in [-0.3, -0.25) is 9.97 Å². The normalized spacial score (nSPS) is 35.8. The Morgan fingerprint density at radius 1 is 0.684 bits per heavy atom. The summed E-state index contributed by atoms with van der Waals surface area (Å²) in [6, 6.07) is 7.20. The zero-order valence-corrected chi connectivity index (χ0v) is 21.8. The number of rotatable bonds is 9. The Hall–Kier alpha value is -1.40. The SMILES string of the molecule is OC[C@H]1O[C@@H](SCc2ccnc(-c3ncccc3CS[C@@H]3O[C@H](CO)[C@@H](O)[C@H](O)[C@H]3O)c2)[C@H](O)[C@@H](O)[C@@H]1O. The summed E-state index contributed by atoms with van der Waals surface area (Å²) in [6.07, 6.45) is -7.14. The highest BCUT2D eigenvalue weighted by molar-refractivity contribution is 7.99. The molecule has 4 rings (SSSR count). The first kappa shape index (κ1) is 29.6. The van der Waals surface area contributed by atoms with Crippen LogP contribution in [0.1, 0.15) is 11.1 Å². The van der Waals surface area contributed by atoms with Crippen LogP contribution in [-0.4, -0.2) is 124 Å². The fraction of sp³-hybridized carbons (Fsp3) is 0.583.